The maximum absolute atomic E-state index is 11.3. The number of aliphatic hydroxyl groups is 1. The molecule has 0 saturated heterocycles. The SMILES string of the molecule is COP(=O)(OC)C(=N)C(C)O. The standard InChI is InChI=1S/C5H12NO4P/c1-4(7)5(6)11(8,9-2)10-3/h4,6-7H,1-3H3. The summed E-state index contributed by atoms with van der Waals surface area (Å²) in [5.74, 6) is 0. The van der Waals surface area contributed by atoms with Gasteiger partial charge in [-0.2, -0.15) is 0 Å². The molecule has 6 heteroatoms. The summed E-state index contributed by atoms with van der Waals surface area (Å²) < 4.78 is 20.2. The smallest absolute Gasteiger partial charge is 0.376 e. The third-order valence-electron chi connectivity index (χ3n) is 1.17. The predicted octanol–water partition coefficient (Wildman–Crippen LogP) is 0.830. The molecule has 0 aliphatic heterocycles. The van der Waals surface area contributed by atoms with E-state index in [-0.39, 0.29) is 0 Å². The second-order valence-electron chi connectivity index (χ2n) is 1.92. The Labute approximate surface area is 65.4 Å². The molecule has 0 spiro atoms. The number of nitrogens with one attached hydrogen (secondary N) is 1. The van der Waals surface area contributed by atoms with E-state index >= 15 is 0 Å². The molecule has 2 N–H and O–H groups in total. The lowest BCUT2D eigenvalue weighted by Crippen LogP contribution is -2.16. The molecular weight excluding hydrogens is 169 g/mol. The van der Waals surface area contributed by atoms with Gasteiger partial charge in [0.15, 0.2) is 0 Å². The average molecular weight is 181 g/mol. The highest BCUT2D eigenvalue weighted by Crippen LogP contribution is 2.48. The average Bonchev–Trinajstić information content (AvgIpc) is 2.01. The third-order valence-corrected chi connectivity index (χ3v) is 3.10. The van der Waals surface area contributed by atoms with Crippen molar-refractivity contribution in [3.63, 3.8) is 0 Å². The van der Waals surface area contributed by atoms with Gasteiger partial charge in [0.2, 0.25) is 0 Å². The maximum atomic E-state index is 11.3. The Balaban J connectivity index is 4.52. The first kappa shape index (κ1) is 10.8. The summed E-state index contributed by atoms with van der Waals surface area (Å²) in [5.41, 5.74) is -0.428. The first-order valence-corrected chi connectivity index (χ1v) is 4.50. The Bertz CT molecular complexity index is 183. The molecular formula is C5H12NO4P. The topological polar surface area (TPSA) is 79.6 Å². The zero-order valence-electron chi connectivity index (χ0n) is 6.70. The van der Waals surface area contributed by atoms with E-state index in [4.69, 9.17) is 10.5 Å². The molecule has 0 radical (unpaired) electrons. The normalized spacial score (nSPS) is 14.5. The van der Waals surface area contributed by atoms with Gasteiger partial charge in [-0.15, -0.1) is 0 Å². The summed E-state index contributed by atoms with van der Waals surface area (Å²) in [7, 11) is -1.16. The second kappa shape index (κ2) is 3.97. The van der Waals surface area contributed by atoms with E-state index in [0.717, 1.165) is 0 Å². The lowest BCUT2D eigenvalue weighted by atomic mass is 10.5. The lowest BCUT2D eigenvalue weighted by molar-refractivity contribution is 0.251. The van der Waals surface area contributed by atoms with Crippen LogP contribution in [-0.4, -0.2) is 30.9 Å². The van der Waals surface area contributed by atoms with Gasteiger partial charge in [0, 0.05) is 14.2 Å². The minimum atomic E-state index is -3.49. The summed E-state index contributed by atoms with van der Waals surface area (Å²) >= 11 is 0. The zero-order chi connectivity index (χ0) is 9.07. The van der Waals surface area contributed by atoms with Crippen LogP contribution in [0.15, 0.2) is 0 Å². The summed E-state index contributed by atoms with van der Waals surface area (Å²) in [4.78, 5) is 0. The Kier molecular flexibility index (Phi) is 3.89. The molecule has 11 heavy (non-hydrogen) atoms. The molecule has 0 aliphatic rings. The van der Waals surface area contributed by atoms with Crippen LogP contribution in [0.25, 0.3) is 0 Å². The molecule has 0 aromatic heterocycles. The molecule has 0 heterocycles. The summed E-state index contributed by atoms with van der Waals surface area (Å²) in [6.45, 7) is 1.33. The van der Waals surface area contributed by atoms with Gasteiger partial charge in [-0.25, -0.2) is 0 Å². The van der Waals surface area contributed by atoms with Crippen molar-refractivity contribution in [3.8, 4) is 0 Å². The number of rotatable bonds is 4. The maximum Gasteiger partial charge on any atom is 0.376 e. The fraction of sp³-hybridized carbons (Fsp3) is 0.800. The van der Waals surface area contributed by atoms with Crippen molar-refractivity contribution in [1.29, 1.82) is 5.41 Å². The highest BCUT2D eigenvalue weighted by molar-refractivity contribution is 7.72. The minimum Gasteiger partial charge on any atom is -0.387 e. The van der Waals surface area contributed by atoms with Gasteiger partial charge in [-0.05, 0) is 6.92 Å². The van der Waals surface area contributed by atoms with E-state index in [1.807, 2.05) is 0 Å². The molecule has 0 fully saturated rings. The number of aliphatic hydroxyl groups excluding tert-OH is 1. The van der Waals surface area contributed by atoms with Crippen LogP contribution in [0.4, 0.5) is 0 Å². The van der Waals surface area contributed by atoms with Gasteiger partial charge >= 0.3 is 7.60 Å². The van der Waals surface area contributed by atoms with E-state index in [9.17, 15) is 4.57 Å². The van der Waals surface area contributed by atoms with Gasteiger partial charge in [0.1, 0.15) is 11.6 Å². The highest BCUT2D eigenvalue weighted by Gasteiger charge is 2.31. The molecule has 1 unspecified atom stereocenters. The lowest BCUT2D eigenvalue weighted by Gasteiger charge is -2.15. The van der Waals surface area contributed by atoms with Crippen LogP contribution in [0, 0.1) is 5.41 Å². The quantitative estimate of drug-likeness (QED) is 0.497. The molecule has 5 nitrogen and oxygen atoms in total. The molecule has 66 valence electrons. The van der Waals surface area contributed by atoms with Crippen LogP contribution in [0.5, 0.6) is 0 Å². The van der Waals surface area contributed by atoms with E-state index in [0.29, 0.717) is 0 Å². The van der Waals surface area contributed by atoms with E-state index in [2.05, 4.69) is 9.05 Å². The molecule has 0 saturated carbocycles. The molecule has 0 aromatic rings. The first-order valence-electron chi connectivity index (χ1n) is 2.96. The van der Waals surface area contributed by atoms with Crippen molar-refractivity contribution in [2.45, 2.75) is 13.0 Å². The van der Waals surface area contributed by atoms with Gasteiger partial charge in [-0.3, -0.25) is 9.97 Å². The second-order valence-corrected chi connectivity index (χ2v) is 4.13. The molecule has 0 aliphatic carbocycles. The van der Waals surface area contributed by atoms with Crippen LogP contribution in [0.2, 0.25) is 0 Å². The van der Waals surface area contributed by atoms with E-state index < -0.39 is 19.2 Å². The Morgan fingerprint density at radius 1 is 1.55 bits per heavy atom. The predicted molar refractivity (Wildman–Crippen MR) is 41.0 cm³/mol. The summed E-state index contributed by atoms with van der Waals surface area (Å²) in [6.07, 6.45) is -1.11. The molecule has 0 aromatic carbocycles. The van der Waals surface area contributed by atoms with Crippen LogP contribution in [-0.2, 0) is 13.6 Å². The van der Waals surface area contributed by atoms with Crippen LogP contribution < -0.4 is 0 Å². The van der Waals surface area contributed by atoms with Gasteiger partial charge in [0.05, 0.1) is 0 Å². The first-order chi connectivity index (χ1) is 4.98. The fourth-order valence-electron chi connectivity index (χ4n) is 0.500. The highest BCUT2D eigenvalue weighted by atomic mass is 31.2. The fourth-order valence-corrected chi connectivity index (χ4v) is 1.50. The zero-order valence-corrected chi connectivity index (χ0v) is 7.59. The number of hydrogen-bond donors (Lipinski definition) is 2. The minimum absolute atomic E-state index is 0.428. The van der Waals surface area contributed by atoms with Crippen LogP contribution in [0.1, 0.15) is 6.92 Å². The van der Waals surface area contributed by atoms with Gasteiger partial charge in [-0.1, -0.05) is 0 Å². The summed E-state index contributed by atoms with van der Waals surface area (Å²) in [5, 5.41) is 16.0. The Hall–Kier alpha value is -0.220. The van der Waals surface area contributed by atoms with E-state index in [1.54, 1.807) is 0 Å². The third kappa shape index (κ3) is 2.38. The van der Waals surface area contributed by atoms with E-state index in [1.165, 1.54) is 21.1 Å². The van der Waals surface area contributed by atoms with Crippen LogP contribution in [0.3, 0.4) is 0 Å². The monoisotopic (exact) mass is 181 g/mol. The molecule has 0 bridgehead atoms. The van der Waals surface area contributed by atoms with Crippen molar-refractivity contribution in [2.24, 2.45) is 0 Å². The van der Waals surface area contributed by atoms with Gasteiger partial charge < -0.3 is 14.2 Å². The van der Waals surface area contributed by atoms with Crippen molar-refractivity contribution < 1.29 is 18.7 Å². The largest absolute Gasteiger partial charge is 0.387 e. The van der Waals surface area contributed by atoms with Crippen molar-refractivity contribution >= 4 is 13.0 Å². The molecule has 0 rings (SSSR count). The number of hydrogen-bond acceptors (Lipinski definition) is 5. The molecule has 1 atom stereocenters. The van der Waals surface area contributed by atoms with Crippen molar-refractivity contribution in [3.05, 3.63) is 0 Å². The Morgan fingerprint density at radius 2 is 1.91 bits per heavy atom. The van der Waals surface area contributed by atoms with Crippen LogP contribution >= 0.6 is 7.60 Å². The Morgan fingerprint density at radius 3 is 2.00 bits per heavy atom. The summed E-state index contributed by atoms with van der Waals surface area (Å²) in [6, 6.07) is 0. The van der Waals surface area contributed by atoms with Crippen molar-refractivity contribution in [2.75, 3.05) is 14.2 Å². The van der Waals surface area contributed by atoms with Gasteiger partial charge in [0.25, 0.3) is 0 Å². The molecule has 0 amide bonds. The van der Waals surface area contributed by atoms with Crippen molar-refractivity contribution in [1.82, 2.24) is 0 Å².